The highest BCUT2D eigenvalue weighted by molar-refractivity contribution is 5.81. The van der Waals surface area contributed by atoms with Crippen LogP contribution >= 0.6 is 0 Å². The Labute approximate surface area is 89.0 Å². The molecule has 0 fully saturated rings. The van der Waals surface area contributed by atoms with Gasteiger partial charge in [-0.3, -0.25) is 4.79 Å². The summed E-state index contributed by atoms with van der Waals surface area (Å²) in [4.78, 5) is 10.9. The first-order valence-corrected chi connectivity index (χ1v) is 5.03. The Morgan fingerprint density at radius 2 is 1.93 bits per heavy atom. The minimum atomic E-state index is 0.653. The van der Waals surface area contributed by atoms with E-state index in [0.29, 0.717) is 5.75 Å². The lowest BCUT2D eigenvalue weighted by atomic mass is 10.0. The van der Waals surface area contributed by atoms with Gasteiger partial charge in [-0.05, 0) is 30.9 Å². The molecule has 0 N–H and O–H groups in total. The van der Waals surface area contributed by atoms with Crippen molar-refractivity contribution in [2.75, 3.05) is 14.2 Å². The summed E-state index contributed by atoms with van der Waals surface area (Å²) < 4.78 is 10.6. The number of fused-ring (bicyclic) bond motifs is 1. The van der Waals surface area contributed by atoms with Gasteiger partial charge in [0, 0.05) is 11.1 Å². The van der Waals surface area contributed by atoms with E-state index in [-0.39, 0.29) is 0 Å². The molecule has 0 saturated heterocycles. The van der Waals surface area contributed by atoms with Gasteiger partial charge in [0.1, 0.15) is 6.29 Å². The van der Waals surface area contributed by atoms with Gasteiger partial charge in [-0.1, -0.05) is 0 Å². The van der Waals surface area contributed by atoms with Crippen LogP contribution in [0.1, 0.15) is 27.9 Å². The van der Waals surface area contributed by atoms with Gasteiger partial charge in [0.25, 0.3) is 0 Å². The van der Waals surface area contributed by atoms with E-state index in [1.807, 2.05) is 0 Å². The summed E-state index contributed by atoms with van der Waals surface area (Å²) in [6.07, 6.45) is 3.91. The molecule has 1 aliphatic rings. The number of hydrogen-bond acceptors (Lipinski definition) is 3. The fourth-order valence-electron chi connectivity index (χ4n) is 2.24. The van der Waals surface area contributed by atoms with E-state index >= 15 is 0 Å². The van der Waals surface area contributed by atoms with Crippen molar-refractivity contribution in [2.45, 2.75) is 19.3 Å². The van der Waals surface area contributed by atoms with Crippen LogP contribution in [0.4, 0.5) is 0 Å². The zero-order valence-corrected chi connectivity index (χ0v) is 9.00. The first-order chi connectivity index (χ1) is 7.31. The van der Waals surface area contributed by atoms with Crippen molar-refractivity contribution in [1.82, 2.24) is 0 Å². The number of aldehydes is 1. The number of methoxy groups -OCH3 is 2. The molecule has 0 radical (unpaired) electrons. The highest BCUT2D eigenvalue weighted by atomic mass is 16.5. The van der Waals surface area contributed by atoms with Crippen LogP contribution in [0.3, 0.4) is 0 Å². The van der Waals surface area contributed by atoms with E-state index in [0.717, 1.165) is 48.0 Å². The molecular formula is C12H14O3. The second-order valence-corrected chi connectivity index (χ2v) is 3.63. The highest BCUT2D eigenvalue weighted by Crippen LogP contribution is 2.39. The molecule has 0 atom stereocenters. The third-order valence-electron chi connectivity index (χ3n) is 2.90. The molecule has 2 rings (SSSR count). The maximum atomic E-state index is 10.9. The van der Waals surface area contributed by atoms with Gasteiger partial charge in [-0.15, -0.1) is 0 Å². The largest absolute Gasteiger partial charge is 0.493 e. The van der Waals surface area contributed by atoms with Crippen LogP contribution in [0.2, 0.25) is 0 Å². The predicted molar refractivity (Wildman–Crippen MR) is 57.0 cm³/mol. The van der Waals surface area contributed by atoms with Crippen molar-refractivity contribution in [1.29, 1.82) is 0 Å². The Morgan fingerprint density at radius 1 is 1.20 bits per heavy atom. The normalized spacial score (nSPS) is 13.5. The third kappa shape index (κ3) is 1.48. The molecule has 0 saturated carbocycles. The lowest BCUT2D eigenvalue weighted by molar-refractivity contribution is 0.112. The first kappa shape index (κ1) is 10.0. The maximum absolute atomic E-state index is 10.9. The van der Waals surface area contributed by atoms with Gasteiger partial charge >= 0.3 is 0 Å². The summed E-state index contributed by atoms with van der Waals surface area (Å²) in [5, 5.41) is 0. The standard InChI is InChI=1S/C12H14O3/c1-14-11-6-8(7-13)9-4-3-5-10(9)12(11)15-2/h6-7H,3-5H2,1-2H3. The Balaban J connectivity index is 2.65. The molecule has 15 heavy (non-hydrogen) atoms. The molecule has 0 heterocycles. The summed E-state index contributed by atoms with van der Waals surface area (Å²) in [6, 6.07) is 1.76. The molecule has 1 aromatic rings. The molecule has 0 spiro atoms. The van der Waals surface area contributed by atoms with Crippen LogP contribution in [0.15, 0.2) is 6.07 Å². The molecule has 0 aromatic heterocycles. The van der Waals surface area contributed by atoms with Crippen LogP contribution in [0.5, 0.6) is 11.5 Å². The van der Waals surface area contributed by atoms with Crippen LogP contribution in [-0.4, -0.2) is 20.5 Å². The molecule has 0 aliphatic heterocycles. The lowest BCUT2D eigenvalue weighted by Gasteiger charge is -2.13. The van der Waals surface area contributed by atoms with E-state index in [4.69, 9.17) is 9.47 Å². The van der Waals surface area contributed by atoms with Gasteiger partial charge in [0.15, 0.2) is 11.5 Å². The molecule has 80 valence electrons. The number of hydrogen-bond donors (Lipinski definition) is 0. The zero-order valence-electron chi connectivity index (χ0n) is 9.00. The quantitative estimate of drug-likeness (QED) is 0.709. The summed E-state index contributed by atoms with van der Waals surface area (Å²) in [7, 11) is 3.23. The van der Waals surface area contributed by atoms with E-state index in [1.165, 1.54) is 0 Å². The predicted octanol–water partition coefficient (Wildman–Crippen LogP) is 2.00. The lowest BCUT2D eigenvalue weighted by Crippen LogP contribution is -1.99. The summed E-state index contributed by atoms with van der Waals surface area (Å²) in [5.74, 6) is 1.44. The second kappa shape index (κ2) is 3.93. The molecule has 3 nitrogen and oxygen atoms in total. The van der Waals surface area contributed by atoms with Crippen molar-refractivity contribution >= 4 is 6.29 Å². The third-order valence-corrected chi connectivity index (χ3v) is 2.90. The van der Waals surface area contributed by atoms with E-state index in [1.54, 1.807) is 20.3 Å². The topological polar surface area (TPSA) is 35.5 Å². The smallest absolute Gasteiger partial charge is 0.164 e. The number of ether oxygens (including phenoxy) is 2. The number of carbonyl (C=O) groups excluding carboxylic acids is 1. The maximum Gasteiger partial charge on any atom is 0.164 e. The van der Waals surface area contributed by atoms with Crippen LogP contribution in [0.25, 0.3) is 0 Å². The van der Waals surface area contributed by atoms with Gasteiger partial charge in [-0.2, -0.15) is 0 Å². The summed E-state index contributed by atoms with van der Waals surface area (Å²) in [5.41, 5.74) is 3.00. The molecule has 0 bridgehead atoms. The first-order valence-electron chi connectivity index (χ1n) is 5.03. The number of carbonyl (C=O) groups is 1. The van der Waals surface area contributed by atoms with Gasteiger partial charge in [0.05, 0.1) is 14.2 Å². The minimum absolute atomic E-state index is 0.653. The van der Waals surface area contributed by atoms with Crippen molar-refractivity contribution in [3.05, 3.63) is 22.8 Å². The Hall–Kier alpha value is -1.51. The summed E-state index contributed by atoms with van der Waals surface area (Å²) in [6.45, 7) is 0. The van der Waals surface area contributed by atoms with Crippen molar-refractivity contribution in [3.8, 4) is 11.5 Å². The SMILES string of the molecule is COc1cc(C=O)c2c(c1OC)CCC2. The minimum Gasteiger partial charge on any atom is -0.493 e. The molecule has 0 unspecified atom stereocenters. The van der Waals surface area contributed by atoms with E-state index < -0.39 is 0 Å². The molecule has 1 aliphatic carbocycles. The zero-order chi connectivity index (χ0) is 10.8. The Kier molecular flexibility index (Phi) is 2.62. The second-order valence-electron chi connectivity index (χ2n) is 3.63. The molecule has 3 heteroatoms. The van der Waals surface area contributed by atoms with Gasteiger partial charge < -0.3 is 9.47 Å². The number of rotatable bonds is 3. The van der Waals surface area contributed by atoms with E-state index in [9.17, 15) is 4.79 Å². The fraction of sp³-hybridized carbons (Fsp3) is 0.417. The van der Waals surface area contributed by atoms with Crippen molar-refractivity contribution in [2.24, 2.45) is 0 Å². The molecule has 0 amide bonds. The van der Waals surface area contributed by atoms with Crippen LogP contribution in [0, 0.1) is 0 Å². The average molecular weight is 206 g/mol. The fourth-order valence-corrected chi connectivity index (χ4v) is 2.24. The van der Waals surface area contributed by atoms with Crippen molar-refractivity contribution in [3.63, 3.8) is 0 Å². The van der Waals surface area contributed by atoms with Crippen LogP contribution in [-0.2, 0) is 12.8 Å². The van der Waals surface area contributed by atoms with Gasteiger partial charge in [-0.25, -0.2) is 0 Å². The average Bonchev–Trinajstić information content (AvgIpc) is 2.75. The molecule has 1 aromatic carbocycles. The van der Waals surface area contributed by atoms with Crippen molar-refractivity contribution < 1.29 is 14.3 Å². The number of benzene rings is 1. The Morgan fingerprint density at radius 3 is 2.53 bits per heavy atom. The Bertz CT molecular complexity index is 396. The monoisotopic (exact) mass is 206 g/mol. The van der Waals surface area contributed by atoms with Gasteiger partial charge in [0.2, 0.25) is 0 Å². The summed E-state index contributed by atoms with van der Waals surface area (Å²) >= 11 is 0. The molecular weight excluding hydrogens is 192 g/mol. The van der Waals surface area contributed by atoms with E-state index in [2.05, 4.69) is 0 Å². The van der Waals surface area contributed by atoms with Crippen LogP contribution < -0.4 is 9.47 Å². The highest BCUT2D eigenvalue weighted by Gasteiger charge is 2.22.